The lowest BCUT2D eigenvalue weighted by atomic mass is 10.2. The van der Waals surface area contributed by atoms with Gasteiger partial charge in [-0.15, -0.1) is 0 Å². The van der Waals surface area contributed by atoms with E-state index in [4.69, 9.17) is 11.1 Å². The first-order chi connectivity index (χ1) is 7.15. The lowest BCUT2D eigenvalue weighted by Crippen LogP contribution is -2.26. The molecule has 0 saturated carbocycles. The van der Waals surface area contributed by atoms with Gasteiger partial charge in [0.1, 0.15) is 0 Å². The molecule has 1 rings (SSSR count). The number of amidine groups is 1. The van der Waals surface area contributed by atoms with Crippen LogP contribution in [0.4, 0.5) is 4.39 Å². The molecule has 15 heavy (non-hydrogen) atoms. The van der Waals surface area contributed by atoms with Crippen molar-refractivity contribution in [1.29, 1.82) is 5.41 Å². The Labute approximate surface area is 86.9 Å². The van der Waals surface area contributed by atoms with Gasteiger partial charge in [0.05, 0.1) is 6.54 Å². The first-order valence-corrected chi connectivity index (χ1v) is 4.32. The molecule has 0 radical (unpaired) electrons. The van der Waals surface area contributed by atoms with Crippen molar-refractivity contribution in [3.05, 3.63) is 47.9 Å². The van der Waals surface area contributed by atoms with Crippen molar-refractivity contribution in [3.63, 3.8) is 0 Å². The van der Waals surface area contributed by atoms with Crippen LogP contribution in [0.2, 0.25) is 0 Å². The Morgan fingerprint density at radius 3 is 2.60 bits per heavy atom. The number of rotatable bonds is 3. The molecule has 0 fully saturated rings. The van der Waals surface area contributed by atoms with Crippen LogP contribution in [-0.2, 0) is 6.54 Å². The number of hydroxylamine groups is 2. The molecule has 0 amide bonds. The number of hydrogen-bond donors (Lipinski definition) is 3. The van der Waals surface area contributed by atoms with Gasteiger partial charge in [-0.05, 0) is 5.56 Å². The van der Waals surface area contributed by atoms with Gasteiger partial charge in [0.15, 0.2) is 11.7 Å². The first-order valence-electron chi connectivity index (χ1n) is 4.32. The molecule has 0 spiro atoms. The Bertz CT molecular complexity index is 364. The maximum absolute atomic E-state index is 12.8. The van der Waals surface area contributed by atoms with Gasteiger partial charge in [-0.25, -0.2) is 9.45 Å². The van der Waals surface area contributed by atoms with Crippen LogP contribution in [0.25, 0.3) is 0 Å². The molecular weight excluding hydrogens is 197 g/mol. The molecule has 0 heterocycles. The van der Waals surface area contributed by atoms with Crippen LogP contribution in [0.3, 0.4) is 0 Å². The van der Waals surface area contributed by atoms with Crippen molar-refractivity contribution >= 4 is 5.84 Å². The molecule has 1 aromatic rings. The Balaban J connectivity index is 2.64. The number of hydrogen-bond acceptors (Lipinski definition) is 3. The summed E-state index contributed by atoms with van der Waals surface area (Å²) in [6.07, 6.45) is 0.635. The van der Waals surface area contributed by atoms with E-state index in [9.17, 15) is 9.60 Å². The summed E-state index contributed by atoms with van der Waals surface area (Å²) in [6.45, 7) is 0.0426. The third-order valence-corrected chi connectivity index (χ3v) is 1.81. The predicted octanol–water partition coefficient (Wildman–Crippen LogP) is 1.62. The van der Waals surface area contributed by atoms with Crippen LogP contribution in [0.5, 0.6) is 0 Å². The molecule has 0 atom stereocenters. The molecule has 0 unspecified atom stereocenters. The van der Waals surface area contributed by atoms with E-state index in [-0.39, 0.29) is 6.54 Å². The highest BCUT2D eigenvalue weighted by Gasteiger charge is 2.11. The first kappa shape index (κ1) is 11.2. The van der Waals surface area contributed by atoms with Gasteiger partial charge in [0.2, 0.25) is 0 Å². The quantitative estimate of drug-likeness (QED) is 0.402. The number of nitrogens with two attached hydrogens (primary N) is 1. The topological polar surface area (TPSA) is 73.3 Å². The Kier molecular flexibility index (Phi) is 3.82. The van der Waals surface area contributed by atoms with E-state index in [2.05, 4.69) is 0 Å². The molecule has 5 heteroatoms. The molecule has 0 aliphatic heterocycles. The van der Waals surface area contributed by atoms with Crippen molar-refractivity contribution in [2.75, 3.05) is 0 Å². The Morgan fingerprint density at radius 1 is 1.47 bits per heavy atom. The largest absolute Gasteiger partial charge is 0.402 e. The molecule has 0 aromatic heterocycles. The summed E-state index contributed by atoms with van der Waals surface area (Å²) >= 11 is 0. The molecular formula is C10H12FN3O. The van der Waals surface area contributed by atoms with Crippen molar-refractivity contribution in [1.82, 2.24) is 5.06 Å². The van der Waals surface area contributed by atoms with Gasteiger partial charge < -0.3 is 5.73 Å². The van der Waals surface area contributed by atoms with E-state index in [0.717, 1.165) is 5.56 Å². The molecule has 4 nitrogen and oxygen atoms in total. The van der Waals surface area contributed by atoms with Crippen molar-refractivity contribution in [3.8, 4) is 0 Å². The van der Waals surface area contributed by atoms with Gasteiger partial charge in [-0.3, -0.25) is 10.6 Å². The van der Waals surface area contributed by atoms with Gasteiger partial charge >= 0.3 is 0 Å². The smallest absolute Gasteiger partial charge is 0.183 e. The summed E-state index contributed by atoms with van der Waals surface area (Å²) in [6, 6.07) is 8.95. The van der Waals surface area contributed by atoms with Crippen LogP contribution in [0.1, 0.15) is 5.56 Å². The average molecular weight is 209 g/mol. The fraction of sp³-hybridized carbons (Fsp3) is 0.100. The predicted molar refractivity (Wildman–Crippen MR) is 54.9 cm³/mol. The lowest BCUT2D eigenvalue weighted by Gasteiger charge is -2.15. The SMILES string of the molecule is N=C(C(F)=CN)N(O)Cc1ccccc1. The van der Waals surface area contributed by atoms with Crippen LogP contribution in [0.15, 0.2) is 42.4 Å². The van der Waals surface area contributed by atoms with Crippen LogP contribution in [0, 0.1) is 5.41 Å². The summed E-state index contributed by atoms with van der Waals surface area (Å²) in [4.78, 5) is 0. The van der Waals surface area contributed by atoms with Crippen molar-refractivity contribution in [2.45, 2.75) is 6.54 Å². The fourth-order valence-corrected chi connectivity index (χ4v) is 1.04. The summed E-state index contributed by atoms with van der Waals surface area (Å²) in [5.74, 6) is -1.62. The highest BCUT2D eigenvalue weighted by atomic mass is 19.1. The maximum Gasteiger partial charge on any atom is 0.183 e. The highest BCUT2D eigenvalue weighted by molar-refractivity contribution is 5.92. The molecule has 80 valence electrons. The number of halogens is 1. The van der Waals surface area contributed by atoms with Gasteiger partial charge in [0.25, 0.3) is 0 Å². The minimum atomic E-state index is -0.964. The second kappa shape index (κ2) is 5.11. The summed E-state index contributed by atoms with van der Waals surface area (Å²) in [7, 11) is 0. The van der Waals surface area contributed by atoms with E-state index in [1.165, 1.54) is 0 Å². The molecule has 0 aliphatic carbocycles. The maximum atomic E-state index is 12.8. The zero-order valence-electron chi connectivity index (χ0n) is 8.02. The molecule has 1 aromatic carbocycles. The minimum absolute atomic E-state index is 0.0426. The molecule has 0 saturated heterocycles. The van der Waals surface area contributed by atoms with Crippen molar-refractivity contribution < 1.29 is 9.60 Å². The second-order valence-electron chi connectivity index (χ2n) is 2.91. The van der Waals surface area contributed by atoms with E-state index in [1.807, 2.05) is 6.07 Å². The molecule has 4 N–H and O–H groups in total. The van der Waals surface area contributed by atoms with E-state index >= 15 is 0 Å². The molecule has 0 bridgehead atoms. The Hall–Kier alpha value is -1.88. The number of nitrogens with one attached hydrogen (secondary N) is 1. The lowest BCUT2D eigenvalue weighted by molar-refractivity contribution is -0.0245. The van der Waals surface area contributed by atoms with Crippen LogP contribution < -0.4 is 5.73 Å². The Morgan fingerprint density at radius 2 is 2.07 bits per heavy atom. The van der Waals surface area contributed by atoms with Gasteiger partial charge in [0, 0.05) is 6.20 Å². The number of benzene rings is 1. The zero-order chi connectivity index (χ0) is 11.3. The summed E-state index contributed by atoms with van der Waals surface area (Å²) in [5, 5.41) is 17.0. The third-order valence-electron chi connectivity index (χ3n) is 1.81. The average Bonchev–Trinajstić information content (AvgIpc) is 2.28. The normalized spacial score (nSPS) is 11.2. The summed E-state index contributed by atoms with van der Waals surface area (Å²) in [5.41, 5.74) is 5.66. The number of nitrogens with zero attached hydrogens (tertiary/aromatic N) is 1. The second-order valence-corrected chi connectivity index (χ2v) is 2.91. The van der Waals surface area contributed by atoms with Gasteiger partial charge in [-0.1, -0.05) is 30.3 Å². The third kappa shape index (κ3) is 3.07. The zero-order valence-corrected chi connectivity index (χ0v) is 8.02. The van der Waals surface area contributed by atoms with Crippen LogP contribution >= 0.6 is 0 Å². The van der Waals surface area contributed by atoms with E-state index in [0.29, 0.717) is 11.3 Å². The highest BCUT2D eigenvalue weighted by Crippen LogP contribution is 2.06. The standard InChI is InChI=1S/C10H12FN3O/c11-9(6-12)10(13)14(15)7-8-4-2-1-3-5-8/h1-6,13,15H,7,12H2. The summed E-state index contributed by atoms with van der Waals surface area (Å²) < 4.78 is 12.8. The minimum Gasteiger partial charge on any atom is -0.402 e. The molecule has 0 aliphatic rings. The monoisotopic (exact) mass is 209 g/mol. The van der Waals surface area contributed by atoms with Gasteiger partial charge in [-0.2, -0.15) is 0 Å². The van der Waals surface area contributed by atoms with Crippen molar-refractivity contribution in [2.24, 2.45) is 5.73 Å². The van der Waals surface area contributed by atoms with E-state index < -0.39 is 11.7 Å². The van der Waals surface area contributed by atoms with E-state index in [1.54, 1.807) is 24.3 Å². The van der Waals surface area contributed by atoms with Crippen LogP contribution in [-0.4, -0.2) is 16.1 Å². The fourth-order valence-electron chi connectivity index (χ4n) is 1.04.